The Morgan fingerprint density at radius 2 is 1.67 bits per heavy atom. The zero-order chi connectivity index (χ0) is 21.7. The van der Waals surface area contributed by atoms with E-state index < -0.39 is 10.0 Å². The van der Waals surface area contributed by atoms with Crippen LogP contribution in [0.3, 0.4) is 0 Å². The lowest BCUT2D eigenvalue weighted by atomic mass is 10.2. The van der Waals surface area contributed by atoms with E-state index in [9.17, 15) is 13.2 Å². The maximum Gasteiger partial charge on any atom is 0.243 e. The number of hydrogen-bond acceptors (Lipinski definition) is 4. The topological polar surface area (TPSA) is 60.9 Å². The van der Waals surface area contributed by atoms with Crippen molar-refractivity contribution in [2.45, 2.75) is 18.4 Å². The molecule has 1 aliphatic heterocycles. The molecule has 9 heteroatoms. The fourth-order valence-corrected chi connectivity index (χ4v) is 5.09. The number of piperazine rings is 1. The highest BCUT2D eigenvalue weighted by Crippen LogP contribution is 2.25. The standard InChI is InChI=1S/C21H25Cl2N3O3S/c1-2-24-10-12-25(13-11-24)21(27)16-26(15-17-8-9-19(22)20(23)14-17)30(28,29)18-6-4-3-5-7-18/h3-9,14H,2,10-13,15-16H2,1H3. The predicted molar refractivity (Wildman–Crippen MR) is 119 cm³/mol. The van der Waals surface area contributed by atoms with Gasteiger partial charge in [0.1, 0.15) is 0 Å². The monoisotopic (exact) mass is 469 g/mol. The molecule has 0 atom stereocenters. The predicted octanol–water partition coefficient (Wildman–Crippen LogP) is 3.35. The zero-order valence-corrected chi connectivity index (χ0v) is 19.1. The summed E-state index contributed by atoms with van der Waals surface area (Å²) in [5.74, 6) is -0.203. The molecule has 2 aromatic carbocycles. The largest absolute Gasteiger partial charge is 0.339 e. The van der Waals surface area contributed by atoms with Crippen LogP contribution in [-0.4, -0.2) is 67.7 Å². The van der Waals surface area contributed by atoms with Crippen LogP contribution in [0.1, 0.15) is 12.5 Å². The molecule has 1 amide bonds. The van der Waals surface area contributed by atoms with E-state index in [2.05, 4.69) is 11.8 Å². The summed E-state index contributed by atoms with van der Waals surface area (Å²) in [7, 11) is -3.87. The van der Waals surface area contributed by atoms with E-state index in [4.69, 9.17) is 23.2 Å². The minimum absolute atomic E-state index is 0.0226. The van der Waals surface area contributed by atoms with E-state index >= 15 is 0 Å². The summed E-state index contributed by atoms with van der Waals surface area (Å²) in [6.45, 7) is 5.59. The van der Waals surface area contributed by atoms with Gasteiger partial charge in [0, 0.05) is 32.7 Å². The van der Waals surface area contributed by atoms with Crippen molar-refractivity contribution in [3.05, 3.63) is 64.1 Å². The average molecular weight is 470 g/mol. The Balaban J connectivity index is 1.83. The molecule has 0 aromatic heterocycles. The van der Waals surface area contributed by atoms with Crippen molar-refractivity contribution in [3.8, 4) is 0 Å². The molecule has 0 unspecified atom stereocenters. The Kier molecular flexibility index (Phi) is 7.76. The van der Waals surface area contributed by atoms with Crippen LogP contribution in [-0.2, 0) is 21.4 Å². The molecule has 0 spiro atoms. The van der Waals surface area contributed by atoms with Crippen LogP contribution < -0.4 is 0 Å². The Morgan fingerprint density at radius 3 is 2.27 bits per heavy atom. The maximum absolute atomic E-state index is 13.3. The minimum Gasteiger partial charge on any atom is -0.339 e. The molecule has 2 aromatic rings. The van der Waals surface area contributed by atoms with Crippen LogP contribution in [0.2, 0.25) is 10.0 Å². The number of amides is 1. The first-order valence-electron chi connectivity index (χ1n) is 9.80. The van der Waals surface area contributed by atoms with Gasteiger partial charge in [0.05, 0.1) is 21.5 Å². The third-order valence-electron chi connectivity index (χ3n) is 5.21. The number of likely N-dealkylation sites (N-methyl/N-ethyl adjacent to an activating group) is 1. The summed E-state index contributed by atoms with van der Waals surface area (Å²) in [6, 6.07) is 13.1. The van der Waals surface area contributed by atoms with Gasteiger partial charge in [-0.2, -0.15) is 4.31 Å². The molecule has 3 rings (SSSR count). The molecule has 0 bridgehead atoms. The number of benzene rings is 2. The van der Waals surface area contributed by atoms with Crippen LogP contribution in [0.15, 0.2) is 53.4 Å². The first-order chi connectivity index (χ1) is 14.3. The maximum atomic E-state index is 13.3. The summed E-state index contributed by atoms with van der Waals surface area (Å²) >= 11 is 12.1. The molecule has 0 saturated carbocycles. The second kappa shape index (κ2) is 10.1. The second-order valence-electron chi connectivity index (χ2n) is 7.15. The smallest absolute Gasteiger partial charge is 0.243 e. The van der Waals surface area contributed by atoms with Crippen LogP contribution in [0.25, 0.3) is 0 Å². The van der Waals surface area contributed by atoms with Crippen molar-refractivity contribution in [1.29, 1.82) is 0 Å². The van der Waals surface area contributed by atoms with Gasteiger partial charge in [-0.25, -0.2) is 8.42 Å². The lowest BCUT2D eigenvalue weighted by Gasteiger charge is -2.35. The third-order valence-corrected chi connectivity index (χ3v) is 7.75. The van der Waals surface area contributed by atoms with Crippen LogP contribution in [0.5, 0.6) is 0 Å². The van der Waals surface area contributed by atoms with Crippen molar-refractivity contribution < 1.29 is 13.2 Å². The highest BCUT2D eigenvalue weighted by Gasteiger charge is 2.29. The average Bonchev–Trinajstić information content (AvgIpc) is 2.76. The first-order valence-corrected chi connectivity index (χ1v) is 12.0. The lowest BCUT2D eigenvalue weighted by Crippen LogP contribution is -2.51. The quantitative estimate of drug-likeness (QED) is 0.623. The van der Waals surface area contributed by atoms with Gasteiger partial charge in [-0.05, 0) is 36.4 Å². The van der Waals surface area contributed by atoms with E-state index in [0.717, 1.165) is 19.6 Å². The van der Waals surface area contributed by atoms with Crippen LogP contribution in [0, 0.1) is 0 Å². The van der Waals surface area contributed by atoms with E-state index in [1.807, 2.05) is 0 Å². The van der Waals surface area contributed by atoms with Gasteiger partial charge in [-0.15, -0.1) is 0 Å². The second-order valence-corrected chi connectivity index (χ2v) is 9.90. The molecule has 1 saturated heterocycles. The van der Waals surface area contributed by atoms with Crippen molar-refractivity contribution in [2.75, 3.05) is 39.3 Å². The SMILES string of the molecule is CCN1CCN(C(=O)CN(Cc2ccc(Cl)c(Cl)c2)S(=O)(=O)c2ccccc2)CC1. The molecule has 6 nitrogen and oxygen atoms in total. The minimum atomic E-state index is -3.87. The van der Waals surface area contributed by atoms with Crippen molar-refractivity contribution in [1.82, 2.24) is 14.1 Å². The van der Waals surface area contributed by atoms with Gasteiger partial charge in [-0.3, -0.25) is 4.79 Å². The summed E-state index contributed by atoms with van der Waals surface area (Å²) < 4.78 is 27.8. The number of carbonyl (C=O) groups is 1. The van der Waals surface area contributed by atoms with Crippen LogP contribution in [0.4, 0.5) is 0 Å². The fraction of sp³-hybridized carbons (Fsp3) is 0.381. The number of rotatable bonds is 7. The Bertz CT molecular complexity index is 978. The molecular formula is C21H25Cl2N3O3S. The molecule has 0 N–H and O–H groups in total. The number of carbonyl (C=O) groups excluding carboxylic acids is 1. The lowest BCUT2D eigenvalue weighted by molar-refractivity contribution is -0.133. The first kappa shape index (κ1) is 23.0. The highest BCUT2D eigenvalue weighted by molar-refractivity contribution is 7.89. The van der Waals surface area contributed by atoms with Gasteiger partial charge in [-0.1, -0.05) is 54.4 Å². The van der Waals surface area contributed by atoms with E-state index in [1.165, 1.54) is 16.4 Å². The van der Waals surface area contributed by atoms with Gasteiger partial charge in [0.2, 0.25) is 15.9 Å². The normalized spacial score (nSPS) is 15.5. The van der Waals surface area contributed by atoms with Gasteiger partial charge >= 0.3 is 0 Å². The van der Waals surface area contributed by atoms with Gasteiger partial charge in [0.25, 0.3) is 0 Å². The fourth-order valence-electron chi connectivity index (χ4n) is 3.37. The number of halogens is 2. The van der Waals surface area contributed by atoms with E-state index in [1.54, 1.807) is 41.3 Å². The summed E-state index contributed by atoms with van der Waals surface area (Å²) in [5, 5.41) is 0.732. The Labute approximate surface area is 188 Å². The molecule has 0 aliphatic carbocycles. The summed E-state index contributed by atoms with van der Waals surface area (Å²) in [5.41, 5.74) is 0.660. The van der Waals surface area contributed by atoms with E-state index in [0.29, 0.717) is 28.7 Å². The van der Waals surface area contributed by atoms with Crippen molar-refractivity contribution in [2.24, 2.45) is 0 Å². The molecule has 1 heterocycles. The summed E-state index contributed by atoms with van der Waals surface area (Å²) in [6.07, 6.45) is 0. The molecule has 0 radical (unpaired) electrons. The van der Waals surface area contributed by atoms with E-state index in [-0.39, 0.29) is 23.9 Å². The Morgan fingerprint density at radius 1 is 1.00 bits per heavy atom. The Hall–Kier alpha value is -1.64. The van der Waals surface area contributed by atoms with Gasteiger partial charge < -0.3 is 9.80 Å². The van der Waals surface area contributed by atoms with Crippen molar-refractivity contribution in [3.63, 3.8) is 0 Å². The zero-order valence-electron chi connectivity index (χ0n) is 16.8. The highest BCUT2D eigenvalue weighted by atomic mass is 35.5. The van der Waals surface area contributed by atoms with Gasteiger partial charge in [0.15, 0.2) is 0 Å². The number of nitrogens with zero attached hydrogens (tertiary/aromatic N) is 3. The molecular weight excluding hydrogens is 445 g/mol. The number of hydrogen-bond donors (Lipinski definition) is 0. The molecule has 1 aliphatic rings. The molecule has 30 heavy (non-hydrogen) atoms. The molecule has 162 valence electrons. The third kappa shape index (κ3) is 5.53. The van der Waals surface area contributed by atoms with Crippen LogP contribution >= 0.6 is 23.2 Å². The molecule has 1 fully saturated rings. The van der Waals surface area contributed by atoms with Crippen molar-refractivity contribution >= 4 is 39.1 Å². The summed E-state index contributed by atoms with van der Waals surface area (Å²) in [4.78, 5) is 17.1. The number of sulfonamides is 1.